The number of esters is 1. The Hall–Kier alpha value is -1.78. The summed E-state index contributed by atoms with van der Waals surface area (Å²) in [6.07, 6.45) is 0.481. The first-order valence-corrected chi connectivity index (χ1v) is 4.98. The number of furan rings is 1. The Labute approximate surface area is 93.0 Å². The minimum absolute atomic E-state index is 0.00926. The SMILES string of the molecule is CC(C)C[C@H](OC(=O)c1ccco1)C(=O)O. The van der Waals surface area contributed by atoms with Crippen molar-refractivity contribution in [1.82, 2.24) is 0 Å². The maximum atomic E-state index is 11.4. The number of carboxylic acids is 1. The molecular formula is C11H14O5. The average molecular weight is 226 g/mol. The van der Waals surface area contributed by atoms with Crippen LogP contribution in [0, 0.1) is 5.92 Å². The van der Waals surface area contributed by atoms with E-state index in [1.807, 2.05) is 13.8 Å². The number of aliphatic carboxylic acids is 1. The van der Waals surface area contributed by atoms with E-state index in [0.717, 1.165) is 0 Å². The first kappa shape index (κ1) is 12.3. The molecule has 0 aliphatic carbocycles. The molecule has 0 aromatic carbocycles. The Morgan fingerprint density at radius 2 is 2.19 bits per heavy atom. The molecular weight excluding hydrogens is 212 g/mol. The Balaban J connectivity index is 2.62. The van der Waals surface area contributed by atoms with Crippen molar-refractivity contribution in [1.29, 1.82) is 0 Å². The van der Waals surface area contributed by atoms with Crippen LogP contribution >= 0.6 is 0 Å². The zero-order valence-electron chi connectivity index (χ0n) is 9.17. The lowest BCUT2D eigenvalue weighted by molar-refractivity contribution is -0.148. The van der Waals surface area contributed by atoms with Gasteiger partial charge in [-0.05, 0) is 24.5 Å². The van der Waals surface area contributed by atoms with Crippen LogP contribution in [-0.4, -0.2) is 23.1 Å². The molecule has 0 aliphatic rings. The largest absolute Gasteiger partial charge is 0.479 e. The average Bonchev–Trinajstić information content (AvgIpc) is 2.68. The van der Waals surface area contributed by atoms with E-state index in [-0.39, 0.29) is 18.1 Å². The van der Waals surface area contributed by atoms with Crippen molar-refractivity contribution in [2.24, 2.45) is 5.92 Å². The van der Waals surface area contributed by atoms with Gasteiger partial charge in [-0.3, -0.25) is 0 Å². The third-order valence-electron chi connectivity index (χ3n) is 1.93. The summed E-state index contributed by atoms with van der Waals surface area (Å²) < 4.78 is 9.65. The van der Waals surface area contributed by atoms with Crippen LogP contribution in [0.25, 0.3) is 0 Å². The van der Waals surface area contributed by atoms with Crippen molar-refractivity contribution in [2.75, 3.05) is 0 Å². The fourth-order valence-corrected chi connectivity index (χ4v) is 1.21. The first-order valence-electron chi connectivity index (χ1n) is 4.98. The van der Waals surface area contributed by atoms with E-state index >= 15 is 0 Å². The number of ether oxygens (including phenoxy) is 1. The second-order valence-corrected chi connectivity index (χ2v) is 3.84. The van der Waals surface area contributed by atoms with Gasteiger partial charge < -0.3 is 14.3 Å². The highest BCUT2D eigenvalue weighted by Crippen LogP contribution is 2.12. The highest BCUT2D eigenvalue weighted by atomic mass is 16.6. The van der Waals surface area contributed by atoms with Crippen LogP contribution < -0.4 is 0 Å². The zero-order chi connectivity index (χ0) is 12.1. The Morgan fingerprint density at radius 3 is 2.62 bits per heavy atom. The van der Waals surface area contributed by atoms with Crippen LogP contribution in [-0.2, 0) is 9.53 Å². The van der Waals surface area contributed by atoms with Gasteiger partial charge in [-0.1, -0.05) is 13.8 Å². The molecule has 0 bridgehead atoms. The van der Waals surface area contributed by atoms with Gasteiger partial charge in [0.05, 0.1) is 6.26 Å². The summed E-state index contributed by atoms with van der Waals surface area (Å²) >= 11 is 0. The summed E-state index contributed by atoms with van der Waals surface area (Å²) in [7, 11) is 0. The predicted octanol–water partition coefficient (Wildman–Crippen LogP) is 1.94. The van der Waals surface area contributed by atoms with Gasteiger partial charge in [0.1, 0.15) is 0 Å². The maximum absolute atomic E-state index is 11.4. The molecule has 1 heterocycles. The quantitative estimate of drug-likeness (QED) is 0.776. The summed E-state index contributed by atoms with van der Waals surface area (Å²) in [6, 6.07) is 2.96. The Kier molecular flexibility index (Phi) is 4.10. The highest BCUT2D eigenvalue weighted by molar-refractivity contribution is 5.88. The van der Waals surface area contributed by atoms with Crippen molar-refractivity contribution in [3.05, 3.63) is 24.2 Å². The van der Waals surface area contributed by atoms with E-state index in [4.69, 9.17) is 14.3 Å². The lowest BCUT2D eigenvalue weighted by Crippen LogP contribution is -2.28. The van der Waals surface area contributed by atoms with E-state index < -0.39 is 18.0 Å². The summed E-state index contributed by atoms with van der Waals surface area (Å²) in [5.74, 6) is -1.76. The van der Waals surface area contributed by atoms with Crippen LogP contribution in [0.2, 0.25) is 0 Å². The van der Waals surface area contributed by atoms with Crippen LogP contribution in [0.4, 0.5) is 0 Å². The summed E-state index contributed by atoms with van der Waals surface area (Å²) in [5, 5.41) is 8.86. The van der Waals surface area contributed by atoms with Gasteiger partial charge in [-0.2, -0.15) is 0 Å². The Morgan fingerprint density at radius 1 is 1.50 bits per heavy atom. The molecule has 0 radical (unpaired) electrons. The van der Waals surface area contributed by atoms with Gasteiger partial charge in [0, 0.05) is 0 Å². The van der Waals surface area contributed by atoms with E-state index in [2.05, 4.69) is 0 Å². The third-order valence-corrected chi connectivity index (χ3v) is 1.93. The molecule has 1 rings (SSSR count). The van der Waals surface area contributed by atoms with Gasteiger partial charge in [0.15, 0.2) is 6.10 Å². The first-order chi connectivity index (χ1) is 7.50. The molecule has 1 atom stereocenters. The van der Waals surface area contributed by atoms with Gasteiger partial charge in [0.2, 0.25) is 5.76 Å². The van der Waals surface area contributed by atoms with Crippen molar-refractivity contribution in [3.8, 4) is 0 Å². The second-order valence-electron chi connectivity index (χ2n) is 3.84. The van der Waals surface area contributed by atoms with E-state index in [1.165, 1.54) is 18.4 Å². The van der Waals surface area contributed by atoms with Crippen LogP contribution in [0.15, 0.2) is 22.8 Å². The smallest absolute Gasteiger partial charge is 0.375 e. The van der Waals surface area contributed by atoms with Crippen molar-refractivity contribution in [2.45, 2.75) is 26.4 Å². The minimum atomic E-state index is -1.14. The fraction of sp³-hybridized carbons (Fsp3) is 0.455. The molecule has 0 saturated carbocycles. The predicted molar refractivity (Wildman–Crippen MR) is 55.0 cm³/mol. The summed E-state index contributed by atoms with van der Waals surface area (Å²) in [6.45, 7) is 3.72. The molecule has 0 aliphatic heterocycles. The number of carboxylic acid groups (broad SMARTS) is 1. The van der Waals surface area contributed by atoms with Crippen molar-refractivity contribution < 1.29 is 23.8 Å². The van der Waals surface area contributed by atoms with E-state index in [0.29, 0.717) is 0 Å². The number of carbonyl (C=O) groups excluding carboxylic acids is 1. The minimum Gasteiger partial charge on any atom is -0.479 e. The molecule has 5 nitrogen and oxygen atoms in total. The standard InChI is InChI=1S/C11H14O5/c1-7(2)6-9(10(12)13)16-11(14)8-4-3-5-15-8/h3-5,7,9H,6H2,1-2H3,(H,12,13)/t9-/m0/s1. The number of hydrogen-bond acceptors (Lipinski definition) is 4. The normalized spacial score (nSPS) is 12.4. The van der Waals surface area contributed by atoms with Gasteiger partial charge in [0.25, 0.3) is 0 Å². The molecule has 1 aromatic heterocycles. The molecule has 1 aromatic rings. The van der Waals surface area contributed by atoms with Crippen molar-refractivity contribution in [3.63, 3.8) is 0 Å². The van der Waals surface area contributed by atoms with E-state index in [9.17, 15) is 9.59 Å². The molecule has 88 valence electrons. The highest BCUT2D eigenvalue weighted by Gasteiger charge is 2.24. The number of rotatable bonds is 5. The summed E-state index contributed by atoms with van der Waals surface area (Å²) in [5.41, 5.74) is 0. The Bertz CT molecular complexity index is 352. The molecule has 0 spiro atoms. The lowest BCUT2D eigenvalue weighted by atomic mass is 10.1. The van der Waals surface area contributed by atoms with Gasteiger partial charge >= 0.3 is 11.9 Å². The monoisotopic (exact) mass is 226 g/mol. The number of hydrogen-bond donors (Lipinski definition) is 1. The third kappa shape index (κ3) is 3.42. The maximum Gasteiger partial charge on any atom is 0.375 e. The molecule has 5 heteroatoms. The fourth-order valence-electron chi connectivity index (χ4n) is 1.21. The molecule has 1 N–H and O–H groups in total. The number of carbonyl (C=O) groups is 2. The van der Waals surface area contributed by atoms with Crippen molar-refractivity contribution >= 4 is 11.9 Å². The molecule has 0 unspecified atom stereocenters. The molecule has 0 saturated heterocycles. The van der Waals surface area contributed by atoms with E-state index in [1.54, 1.807) is 0 Å². The van der Waals surface area contributed by atoms with Crippen LogP contribution in [0.5, 0.6) is 0 Å². The molecule has 0 amide bonds. The molecule has 0 fully saturated rings. The van der Waals surface area contributed by atoms with Gasteiger partial charge in [-0.15, -0.1) is 0 Å². The zero-order valence-corrected chi connectivity index (χ0v) is 9.17. The summed E-state index contributed by atoms with van der Waals surface area (Å²) in [4.78, 5) is 22.3. The van der Waals surface area contributed by atoms with Crippen LogP contribution in [0.1, 0.15) is 30.8 Å². The topological polar surface area (TPSA) is 76.7 Å². The molecule has 16 heavy (non-hydrogen) atoms. The van der Waals surface area contributed by atoms with Crippen LogP contribution in [0.3, 0.4) is 0 Å². The van der Waals surface area contributed by atoms with Gasteiger partial charge in [-0.25, -0.2) is 9.59 Å². The second kappa shape index (κ2) is 5.34. The lowest BCUT2D eigenvalue weighted by Gasteiger charge is -2.14.